The van der Waals surface area contributed by atoms with Gasteiger partial charge in [-0.2, -0.15) is 0 Å². The summed E-state index contributed by atoms with van der Waals surface area (Å²) in [5.41, 5.74) is 2.99. The number of halogens is 2. The number of carbonyl (C=O) groups is 1. The molecular weight excluding hydrogens is 407 g/mol. The molecule has 1 amide bonds. The van der Waals surface area contributed by atoms with Gasteiger partial charge in [-0.1, -0.05) is 35.0 Å². The van der Waals surface area contributed by atoms with E-state index in [-0.39, 0.29) is 11.6 Å². The lowest BCUT2D eigenvalue weighted by Gasteiger charge is -2.19. The fourth-order valence-electron chi connectivity index (χ4n) is 3.15. The molecule has 2 heterocycles. The van der Waals surface area contributed by atoms with E-state index in [2.05, 4.69) is 15.1 Å². The smallest absolute Gasteiger partial charge is 0.248 e. The molecule has 0 bridgehead atoms. The van der Waals surface area contributed by atoms with Crippen molar-refractivity contribution in [2.24, 2.45) is 0 Å². The van der Waals surface area contributed by atoms with Crippen molar-refractivity contribution in [1.82, 2.24) is 15.1 Å². The van der Waals surface area contributed by atoms with Crippen LogP contribution in [0.25, 0.3) is 22.5 Å². The highest BCUT2D eigenvalue weighted by molar-refractivity contribution is 6.31. The van der Waals surface area contributed by atoms with Crippen LogP contribution >= 0.6 is 11.6 Å². The summed E-state index contributed by atoms with van der Waals surface area (Å²) < 4.78 is 20.2. The van der Waals surface area contributed by atoms with E-state index in [4.69, 9.17) is 16.1 Å². The molecule has 0 saturated heterocycles. The third-order valence-corrected chi connectivity index (χ3v) is 4.98. The molecule has 0 atom stereocenters. The Morgan fingerprint density at radius 2 is 1.97 bits per heavy atom. The molecule has 0 radical (unpaired) electrons. The van der Waals surface area contributed by atoms with Crippen LogP contribution in [-0.4, -0.2) is 21.0 Å². The fourth-order valence-corrected chi connectivity index (χ4v) is 3.27. The summed E-state index contributed by atoms with van der Waals surface area (Å²) in [6.07, 6.45) is 2.95. The third kappa shape index (κ3) is 3.55. The van der Waals surface area contributed by atoms with Crippen LogP contribution < -0.4 is 4.90 Å². The highest BCUT2D eigenvalue weighted by Gasteiger charge is 2.29. The third-order valence-electron chi connectivity index (χ3n) is 4.55. The van der Waals surface area contributed by atoms with Gasteiger partial charge in [-0.3, -0.25) is 4.79 Å². The van der Waals surface area contributed by atoms with Gasteiger partial charge in [-0.25, -0.2) is 19.3 Å². The highest BCUT2D eigenvalue weighted by Crippen LogP contribution is 2.42. The number of amides is 1. The second kappa shape index (κ2) is 8.04. The predicted octanol–water partition coefficient (Wildman–Crippen LogP) is 5.58. The molecule has 0 unspecified atom stereocenters. The molecule has 0 aliphatic rings. The number of anilines is 2. The number of benzene rings is 2. The van der Waals surface area contributed by atoms with Gasteiger partial charge in [0.15, 0.2) is 0 Å². The zero-order valence-corrected chi connectivity index (χ0v) is 16.9. The van der Waals surface area contributed by atoms with Gasteiger partial charge in [0, 0.05) is 23.7 Å². The second-order valence-corrected chi connectivity index (χ2v) is 6.98. The summed E-state index contributed by atoms with van der Waals surface area (Å²) in [6.45, 7) is 3.20. The van der Waals surface area contributed by atoms with E-state index in [1.54, 1.807) is 36.5 Å². The fraction of sp³-hybridized carbons (Fsp3) is 0.0909. The molecule has 6 nitrogen and oxygen atoms in total. The lowest BCUT2D eigenvalue weighted by molar-refractivity contribution is -0.116. The highest BCUT2D eigenvalue weighted by atomic mass is 35.5. The van der Waals surface area contributed by atoms with Gasteiger partial charge in [0.05, 0.1) is 16.9 Å². The molecule has 150 valence electrons. The molecule has 0 spiro atoms. The maximum Gasteiger partial charge on any atom is 0.248 e. The number of rotatable bonds is 4. The van der Waals surface area contributed by atoms with Gasteiger partial charge in [0.2, 0.25) is 11.8 Å². The summed E-state index contributed by atoms with van der Waals surface area (Å²) in [5, 5.41) is 4.81. The topological polar surface area (TPSA) is 72.1 Å². The monoisotopic (exact) mass is 422 g/mol. The van der Waals surface area contributed by atoms with E-state index in [1.165, 1.54) is 25.4 Å². The number of hydrogen-bond donors (Lipinski definition) is 0. The Morgan fingerprint density at radius 1 is 1.17 bits per heavy atom. The average Bonchev–Trinajstić information content (AvgIpc) is 3.16. The Kier molecular flexibility index (Phi) is 5.29. The first kappa shape index (κ1) is 19.7. The standard InChI is InChI=1S/C22H16ClFN4O2/c1-13-11-15(7-8-16(13)23)21-20(18-9-10-25-12-26-18)22(30-27-21)28(14(2)29)19-6-4-3-5-17(19)24/h3-12H,1-2H3. The average molecular weight is 423 g/mol. The van der Waals surface area contributed by atoms with Crippen LogP contribution in [-0.2, 0) is 4.79 Å². The van der Waals surface area contributed by atoms with Crippen molar-refractivity contribution >= 4 is 29.1 Å². The Hall–Kier alpha value is -3.58. The van der Waals surface area contributed by atoms with Crippen LogP contribution in [0.3, 0.4) is 0 Å². The van der Waals surface area contributed by atoms with Crippen LogP contribution in [0.1, 0.15) is 12.5 Å². The summed E-state index contributed by atoms with van der Waals surface area (Å²) >= 11 is 6.16. The van der Waals surface area contributed by atoms with Crippen LogP contribution in [0.2, 0.25) is 5.02 Å². The zero-order valence-electron chi connectivity index (χ0n) is 16.1. The minimum atomic E-state index is -0.568. The second-order valence-electron chi connectivity index (χ2n) is 6.58. The van der Waals surface area contributed by atoms with Gasteiger partial charge in [0.1, 0.15) is 17.8 Å². The molecule has 0 N–H and O–H groups in total. The molecule has 4 aromatic rings. The van der Waals surface area contributed by atoms with Crippen molar-refractivity contribution < 1.29 is 13.7 Å². The lowest BCUT2D eigenvalue weighted by Crippen LogP contribution is -2.24. The Labute approximate surface area is 176 Å². The predicted molar refractivity (Wildman–Crippen MR) is 112 cm³/mol. The normalized spacial score (nSPS) is 10.8. The van der Waals surface area contributed by atoms with Crippen molar-refractivity contribution in [3.8, 4) is 22.5 Å². The molecule has 4 rings (SSSR count). The van der Waals surface area contributed by atoms with Gasteiger partial charge < -0.3 is 4.52 Å². The Morgan fingerprint density at radius 3 is 2.63 bits per heavy atom. The van der Waals surface area contributed by atoms with Crippen molar-refractivity contribution in [3.63, 3.8) is 0 Å². The van der Waals surface area contributed by atoms with Gasteiger partial charge in [-0.05, 0) is 42.8 Å². The van der Waals surface area contributed by atoms with E-state index in [0.29, 0.717) is 22.0 Å². The van der Waals surface area contributed by atoms with Crippen LogP contribution in [0.5, 0.6) is 0 Å². The SMILES string of the molecule is CC(=O)N(c1ccccc1F)c1onc(-c2ccc(Cl)c(C)c2)c1-c1ccncn1. The molecule has 0 saturated carbocycles. The summed E-state index contributed by atoms with van der Waals surface area (Å²) in [4.78, 5) is 21.9. The first-order valence-electron chi connectivity index (χ1n) is 9.05. The van der Waals surface area contributed by atoms with Crippen molar-refractivity contribution in [1.29, 1.82) is 0 Å². The largest absolute Gasteiger partial charge is 0.336 e. The molecule has 0 aliphatic heterocycles. The van der Waals surface area contributed by atoms with Crippen LogP contribution in [0.4, 0.5) is 16.0 Å². The van der Waals surface area contributed by atoms with Crippen molar-refractivity contribution in [3.05, 3.63) is 77.5 Å². The van der Waals surface area contributed by atoms with Gasteiger partial charge >= 0.3 is 0 Å². The van der Waals surface area contributed by atoms with E-state index in [9.17, 15) is 9.18 Å². The Bertz CT molecular complexity index is 1230. The molecule has 2 aromatic carbocycles. The molecule has 2 aromatic heterocycles. The zero-order chi connectivity index (χ0) is 21.3. The molecule has 0 aliphatic carbocycles. The number of aryl methyl sites for hydroxylation is 1. The number of para-hydroxylation sites is 1. The number of carbonyl (C=O) groups excluding carboxylic acids is 1. The summed E-state index contributed by atoms with van der Waals surface area (Å²) in [7, 11) is 0. The van der Waals surface area contributed by atoms with E-state index < -0.39 is 11.7 Å². The number of hydrogen-bond acceptors (Lipinski definition) is 5. The summed E-state index contributed by atoms with van der Waals surface area (Å²) in [6, 6.07) is 13.0. The molecule has 8 heteroatoms. The van der Waals surface area contributed by atoms with Crippen molar-refractivity contribution in [2.45, 2.75) is 13.8 Å². The lowest BCUT2D eigenvalue weighted by atomic mass is 10.0. The molecular formula is C22H16ClFN4O2. The van der Waals surface area contributed by atoms with E-state index >= 15 is 0 Å². The van der Waals surface area contributed by atoms with Crippen LogP contribution in [0, 0.1) is 12.7 Å². The van der Waals surface area contributed by atoms with E-state index in [1.807, 2.05) is 13.0 Å². The first-order chi connectivity index (χ1) is 14.5. The maximum atomic E-state index is 14.6. The van der Waals surface area contributed by atoms with Gasteiger partial charge in [-0.15, -0.1) is 0 Å². The molecule has 0 fully saturated rings. The number of nitrogens with zero attached hydrogens (tertiary/aromatic N) is 4. The van der Waals surface area contributed by atoms with Crippen LogP contribution in [0.15, 0.2) is 65.6 Å². The Balaban J connectivity index is 1.98. The quantitative estimate of drug-likeness (QED) is 0.429. The number of aromatic nitrogens is 3. The van der Waals surface area contributed by atoms with E-state index in [0.717, 1.165) is 16.0 Å². The first-order valence-corrected chi connectivity index (χ1v) is 9.43. The maximum absolute atomic E-state index is 14.6. The minimum absolute atomic E-state index is 0.0512. The summed E-state index contributed by atoms with van der Waals surface area (Å²) in [5.74, 6) is -0.944. The van der Waals surface area contributed by atoms with Gasteiger partial charge in [0.25, 0.3) is 0 Å². The van der Waals surface area contributed by atoms with Crippen molar-refractivity contribution in [2.75, 3.05) is 4.90 Å². The minimum Gasteiger partial charge on any atom is -0.336 e. The molecule has 30 heavy (non-hydrogen) atoms.